The highest BCUT2D eigenvalue weighted by molar-refractivity contribution is 5.96. The zero-order valence-electron chi connectivity index (χ0n) is 11.3. The standard InChI is InChI=1S/C16H19F3O/c17-16(18,19)14(12-7-3-1-4-8-12)11-15(20)13-9-5-2-6-10-13/h2,5-6,9-10,12,14H,1,3-4,7-8,11H2. The van der Waals surface area contributed by atoms with Crippen LogP contribution in [0.3, 0.4) is 0 Å². The van der Waals surface area contributed by atoms with Crippen molar-refractivity contribution in [3.05, 3.63) is 35.9 Å². The van der Waals surface area contributed by atoms with Crippen molar-refractivity contribution in [3.63, 3.8) is 0 Å². The summed E-state index contributed by atoms with van der Waals surface area (Å²) >= 11 is 0. The van der Waals surface area contributed by atoms with E-state index in [-0.39, 0.29) is 0 Å². The van der Waals surface area contributed by atoms with Crippen molar-refractivity contribution >= 4 is 5.78 Å². The minimum absolute atomic E-state index is 0.373. The van der Waals surface area contributed by atoms with Gasteiger partial charge in [0.25, 0.3) is 0 Å². The fraction of sp³-hybridized carbons (Fsp3) is 0.562. The van der Waals surface area contributed by atoms with E-state index in [1.165, 1.54) is 0 Å². The monoisotopic (exact) mass is 284 g/mol. The quantitative estimate of drug-likeness (QED) is 0.710. The molecule has 0 N–H and O–H groups in total. The highest BCUT2D eigenvalue weighted by Crippen LogP contribution is 2.41. The van der Waals surface area contributed by atoms with Crippen LogP contribution in [0.15, 0.2) is 30.3 Å². The smallest absolute Gasteiger partial charge is 0.294 e. The van der Waals surface area contributed by atoms with Crippen molar-refractivity contribution < 1.29 is 18.0 Å². The summed E-state index contributed by atoms with van der Waals surface area (Å²) in [6, 6.07) is 8.26. The molecule has 0 radical (unpaired) electrons. The number of hydrogen-bond acceptors (Lipinski definition) is 1. The Morgan fingerprint density at radius 1 is 1.10 bits per heavy atom. The van der Waals surface area contributed by atoms with Gasteiger partial charge in [-0.15, -0.1) is 0 Å². The van der Waals surface area contributed by atoms with E-state index >= 15 is 0 Å². The average Bonchev–Trinajstić information content (AvgIpc) is 2.45. The van der Waals surface area contributed by atoms with E-state index in [1.54, 1.807) is 30.3 Å². The van der Waals surface area contributed by atoms with Crippen LogP contribution < -0.4 is 0 Å². The molecule has 1 fully saturated rings. The lowest BCUT2D eigenvalue weighted by Gasteiger charge is -2.31. The average molecular weight is 284 g/mol. The minimum atomic E-state index is -4.29. The number of carbonyl (C=O) groups excluding carboxylic acids is 1. The lowest BCUT2D eigenvalue weighted by atomic mass is 9.77. The number of ketones is 1. The molecule has 1 unspecified atom stereocenters. The lowest BCUT2D eigenvalue weighted by Crippen LogP contribution is -2.33. The van der Waals surface area contributed by atoms with Crippen molar-refractivity contribution in [1.82, 2.24) is 0 Å². The first-order valence-electron chi connectivity index (χ1n) is 7.13. The molecule has 2 rings (SSSR count). The van der Waals surface area contributed by atoms with E-state index in [2.05, 4.69) is 0 Å². The molecule has 20 heavy (non-hydrogen) atoms. The predicted octanol–water partition coefficient (Wildman–Crippen LogP) is 5.02. The Morgan fingerprint density at radius 2 is 1.70 bits per heavy atom. The van der Waals surface area contributed by atoms with Crippen LogP contribution in [0.2, 0.25) is 0 Å². The second-order valence-corrected chi connectivity index (χ2v) is 5.54. The maximum Gasteiger partial charge on any atom is 0.392 e. The zero-order chi connectivity index (χ0) is 14.6. The zero-order valence-corrected chi connectivity index (χ0v) is 11.3. The van der Waals surface area contributed by atoms with Gasteiger partial charge in [0.1, 0.15) is 0 Å². The molecule has 0 bridgehead atoms. The summed E-state index contributed by atoms with van der Waals surface area (Å²) in [6.45, 7) is 0. The van der Waals surface area contributed by atoms with Crippen LogP contribution in [-0.2, 0) is 0 Å². The molecule has 1 atom stereocenters. The number of rotatable bonds is 4. The molecule has 0 spiro atoms. The minimum Gasteiger partial charge on any atom is -0.294 e. The van der Waals surface area contributed by atoms with E-state index in [0.717, 1.165) is 19.3 Å². The Morgan fingerprint density at radius 3 is 2.25 bits per heavy atom. The summed E-state index contributed by atoms with van der Waals surface area (Å²) in [5, 5.41) is 0. The van der Waals surface area contributed by atoms with Gasteiger partial charge >= 0.3 is 6.18 Å². The number of alkyl halides is 3. The van der Waals surface area contributed by atoms with E-state index in [4.69, 9.17) is 0 Å². The Hall–Kier alpha value is -1.32. The maximum atomic E-state index is 13.2. The topological polar surface area (TPSA) is 17.1 Å². The third kappa shape index (κ3) is 3.84. The first-order chi connectivity index (χ1) is 9.48. The number of benzene rings is 1. The molecule has 4 heteroatoms. The van der Waals surface area contributed by atoms with Crippen LogP contribution in [0.4, 0.5) is 13.2 Å². The third-order valence-corrected chi connectivity index (χ3v) is 4.14. The highest BCUT2D eigenvalue weighted by Gasteiger charge is 2.45. The van der Waals surface area contributed by atoms with Crippen molar-refractivity contribution in [2.45, 2.75) is 44.7 Å². The van der Waals surface area contributed by atoms with Crippen LogP contribution in [-0.4, -0.2) is 12.0 Å². The molecule has 1 nitrogen and oxygen atoms in total. The van der Waals surface area contributed by atoms with Gasteiger partial charge in [0.2, 0.25) is 0 Å². The molecule has 0 amide bonds. The van der Waals surface area contributed by atoms with Crippen molar-refractivity contribution in [2.75, 3.05) is 0 Å². The Bertz CT molecular complexity index is 433. The lowest BCUT2D eigenvalue weighted by molar-refractivity contribution is -0.190. The van der Waals surface area contributed by atoms with Gasteiger partial charge in [0, 0.05) is 12.0 Å². The fourth-order valence-corrected chi connectivity index (χ4v) is 3.03. The van der Waals surface area contributed by atoms with Crippen LogP contribution in [0.1, 0.15) is 48.9 Å². The molecule has 1 aromatic carbocycles. The van der Waals surface area contributed by atoms with E-state index in [1.807, 2.05) is 0 Å². The van der Waals surface area contributed by atoms with Gasteiger partial charge in [0.05, 0.1) is 5.92 Å². The molecule has 1 aliphatic carbocycles. The van der Waals surface area contributed by atoms with Gasteiger partial charge in [-0.05, 0) is 18.8 Å². The van der Waals surface area contributed by atoms with Crippen LogP contribution in [0.25, 0.3) is 0 Å². The first kappa shape index (κ1) is 15.1. The van der Waals surface area contributed by atoms with Crippen molar-refractivity contribution in [3.8, 4) is 0 Å². The van der Waals surface area contributed by atoms with Gasteiger partial charge < -0.3 is 0 Å². The molecule has 0 aliphatic heterocycles. The van der Waals surface area contributed by atoms with Gasteiger partial charge in [-0.2, -0.15) is 13.2 Å². The first-order valence-corrected chi connectivity index (χ1v) is 7.13. The number of hydrogen-bond donors (Lipinski definition) is 0. The molecule has 1 saturated carbocycles. The van der Waals surface area contributed by atoms with Crippen molar-refractivity contribution in [1.29, 1.82) is 0 Å². The molecule has 1 aliphatic rings. The summed E-state index contributed by atoms with van der Waals surface area (Å²) in [4.78, 5) is 12.0. The SMILES string of the molecule is O=C(CC(C1CCCCC1)C(F)(F)F)c1ccccc1. The van der Waals surface area contributed by atoms with E-state index in [0.29, 0.717) is 18.4 Å². The largest absolute Gasteiger partial charge is 0.392 e. The van der Waals surface area contributed by atoms with Crippen LogP contribution >= 0.6 is 0 Å². The number of halogens is 3. The Kier molecular flexibility index (Phi) is 4.84. The molecule has 0 heterocycles. The van der Waals surface area contributed by atoms with Gasteiger partial charge in [0.15, 0.2) is 5.78 Å². The second-order valence-electron chi connectivity index (χ2n) is 5.54. The summed E-state index contributed by atoms with van der Waals surface area (Å²) in [5.41, 5.74) is 0.373. The summed E-state index contributed by atoms with van der Waals surface area (Å²) in [7, 11) is 0. The summed E-state index contributed by atoms with van der Waals surface area (Å²) in [5.74, 6) is -2.29. The van der Waals surface area contributed by atoms with E-state index in [9.17, 15) is 18.0 Å². The van der Waals surface area contributed by atoms with E-state index < -0.39 is 30.2 Å². The Balaban J connectivity index is 2.10. The summed E-state index contributed by atoms with van der Waals surface area (Å²) < 4.78 is 39.7. The van der Waals surface area contributed by atoms with Crippen LogP contribution in [0, 0.1) is 11.8 Å². The predicted molar refractivity (Wildman–Crippen MR) is 71.5 cm³/mol. The highest BCUT2D eigenvalue weighted by atomic mass is 19.4. The fourth-order valence-electron chi connectivity index (χ4n) is 3.03. The van der Waals surface area contributed by atoms with Crippen molar-refractivity contribution in [2.24, 2.45) is 11.8 Å². The number of Topliss-reactive ketones (excluding diaryl/α,β-unsaturated/α-hetero) is 1. The van der Waals surface area contributed by atoms with Gasteiger partial charge in [-0.1, -0.05) is 49.6 Å². The molecular weight excluding hydrogens is 265 g/mol. The molecular formula is C16H19F3O. The normalized spacial score (nSPS) is 18.8. The maximum absolute atomic E-state index is 13.2. The summed E-state index contributed by atoms with van der Waals surface area (Å²) in [6.07, 6.45) is -0.829. The molecule has 0 aromatic heterocycles. The second kappa shape index (κ2) is 6.42. The van der Waals surface area contributed by atoms with Crippen LogP contribution in [0.5, 0.6) is 0 Å². The molecule has 0 saturated heterocycles. The molecule has 1 aromatic rings. The molecule has 110 valence electrons. The van der Waals surface area contributed by atoms with Gasteiger partial charge in [-0.3, -0.25) is 4.79 Å². The third-order valence-electron chi connectivity index (χ3n) is 4.14. The number of carbonyl (C=O) groups is 1. The Labute approximate surface area is 117 Å². The van der Waals surface area contributed by atoms with Gasteiger partial charge in [-0.25, -0.2) is 0 Å².